The number of nitrogens with one attached hydrogen (secondary N) is 1. The molecular formula is C21H27N5O6S. The number of rotatable bonds is 9. The lowest BCUT2D eigenvalue weighted by molar-refractivity contribution is -0.385. The van der Waals surface area contributed by atoms with Crippen LogP contribution in [-0.2, 0) is 14.8 Å². The first-order valence-electron chi connectivity index (χ1n) is 10.5. The highest BCUT2D eigenvalue weighted by atomic mass is 32.2. The summed E-state index contributed by atoms with van der Waals surface area (Å²) >= 11 is 0. The molecule has 178 valence electrons. The average molecular weight is 478 g/mol. The van der Waals surface area contributed by atoms with Gasteiger partial charge in [-0.25, -0.2) is 8.42 Å². The summed E-state index contributed by atoms with van der Waals surface area (Å²) in [5, 5.41) is 25.6. The van der Waals surface area contributed by atoms with E-state index in [1.807, 2.05) is 19.9 Å². The molecule has 2 aromatic rings. The van der Waals surface area contributed by atoms with E-state index in [0.717, 1.165) is 24.8 Å². The second-order valence-corrected chi connectivity index (χ2v) is 9.15. The first-order valence-corrected chi connectivity index (χ1v) is 11.9. The summed E-state index contributed by atoms with van der Waals surface area (Å²) in [7, 11) is -4.02. The van der Waals surface area contributed by atoms with Crippen molar-refractivity contribution in [3.05, 3.63) is 52.1 Å². The lowest BCUT2D eigenvalue weighted by Gasteiger charge is -2.26. The highest BCUT2D eigenvalue weighted by Gasteiger charge is 2.30. The Balaban J connectivity index is 1.88. The SMILES string of the molecule is CCN(CC)c1ccc(/C=N/Nc2ccc([N+](=O)[O-])cc2S(=O)(=O)N2CCOCC2)c(O)c1. The van der Waals surface area contributed by atoms with Crippen molar-refractivity contribution in [1.29, 1.82) is 0 Å². The molecule has 0 amide bonds. The number of benzene rings is 2. The summed E-state index contributed by atoms with van der Waals surface area (Å²) in [5.74, 6) is 0.0230. The van der Waals surface area contributed by atoms with Crippen LogP contribution in [0.1, 0.15) is 19.4 Å². The van der Waals surface area contributed by atoms with Crippen molar-refractivity contribution >= 4 is 33.3 Å². The maximum absolute atomic E-state index is 13.1. The second kappa shape index (κ2) is 10.6. The Bertz CT molecular complexity index is 1130. The third-order valence-electron chi connectivity index (χ3n) is 5.30. The lowest BCUT2D eigenvalue weighted by Crippen LogP contribution is -2.40. The quantitative estimate of drug-likeness (QED) is 0.319. The Morgan fingerprint density at radius 3 is 2.52 bits per heavy atom. The summed E-state index contributed by atoms with van der Waals surface area (Å²) < 4.78 is 32.7. The standard InChI is InChI=1S/C21H27N5O6S/c1-3-24(4-2)17-6-5-16(20(27)13-17)15-22-23-19-8-7-18(26(28)29)14-21(19)33(30,31)25-9-11-32-12-10-25/h5-8,13-15,23,27H,3-4,9-12H2,1-2H3/b22-15+. The summed E-state index contributed by atoms with van der Waals surface area (Å²) in [4.78, 5) is 12.4. The van der Waals surface area contributed by atoms with Crippen LogP contribution in [0.5, 0.6) is 5.75 Å². The van der Waals surface area contributed by atoms with E-state index in [4.69, 9.17) is 4.74 Å². The van der Waals surface area contributed by atoms with Crippen LogP contribution < -0.4 is 10.3 Å². The third kappa shape index (κ3) is 5.59. The van der Waals surface area contributed by atoms with Crippen LogP contribution in [0.25, 0.3) is 0 Å². The summed E-state index contributed by atoms with van der Waals surface area (Å²) in [6.45, 7) is 6.44. The van der Waals surface area contributed by atoms with Gasteiger partial charge in [-0.2, -0.15) is 9.41 Å². The summed E-state index contributed by atoms with van der Waals surface area (Å²) in [5.41, 5.74) is 3.69. The van der Waals surface area contributed by atoms with E-state index < -0.39 is 14.9 Å². The molecule has 0 aromatic heterocycles. The largest absolute Gasteiger partial charge is 0.507 e. The van der Waals surface area contributed by atoms with Gasteiger partial charge < -0.3 is 14.7 Å². The molecule has 1 saturated heterocycles. The minimum absolute atomic E-state index is 0.0230. The van der Waals surface area contributed by atoms with E-state index in [2.05, 4.69) is 15.4 Å². The maximum atomic E-state index is 13.1. The number of nitro groups is 1. The average Bonchev–Trinajstić information content (AvgIpc) is 2.81. The molecule has 3 rings (SSSR count). The smallest absolute Gasteiger partial charge is 0.270 e. The van der Waals surface area contributed by atoms with E-state index in [1.54, 1.807) is 12.1 Å². The van der Waals surface area contributed by atoms with Crippen LogP contribution in [0.15, 0.2) is 46.4 Å². The van der Waals surface area contributed by atoms with Gasteiger partial charge in [-0.05, 0) is 32.0 Å². The Hall–Kier alpha value is -3.22. The number of non-ortho nitro benzene ring substituents is 1. The number of hydrogen-bond acceptors (Lipinski definition) is 9. The number of sulfonamides is 1. The zero-order chi connectivity index (χ0) is 24.0. The number of aromatic hydroxyl groups is 1. The Kier molecular flexibility index (Phi) is 7.84. The minimum Gasteiger partial charge on any atom is -0.507 e. The molecular weight excluding hydrogens is 450 g/mol. The van der Waals surface area contributed by atoms with Crippen LogP contribution in [0.2, 0.25) is 0 Å². The molecule has 0 atom stereocenters. The highest BCUT2D eigenvalue weighted by molar-refractivity contribution is 7.89. The molecule has 1 fully saturated rings. The van der Waals surface area contributed by atoms with Gasteiger partial charge in [-0.1, -0.05) is 0 Å². The number of phenols is 1. The molecule has 2 aromatic carbocycles. The zero-order valence-electron chi connectivity index (χ0n) is 18.5. The van der Waals surface area contributed by atoms with Gasteiger partial charge in [0.05, 0.1) is 30.0 Å². The van der Waals surface area contributed by atoms with Gasteiger partial charge in [0.2, 0.25) is 10.0 Å². The fourth-order valence-corrected chi connectivity index (χ4v) is 5.02. The number of anilines is 2. The van der Waals surface area contributed by atoms with Crippen molar-refractivity contribution in [2.24, 2.45) is 5.10 Å². The van der Waals surface area contributed by atoms with Crippen molar-refractivity contribution in [3.63, 3.8) is 0 Å². The molecule has 33 heavy (non-hydrogen) atoms. The second-order valence-electron chi connectivity index (χ2n) is 7.24. The number of ether oxygens (including phenoxy) is 1. The third-order valence-corrected chi connectivity index (χ3v) is 7.23. The molecule has 11 nitrogen and oxygen atoms in total. The van der Waals surface area contributed by atoms with Gasteiger partial charge in [-0.15, -0.1) is 0 Å². The molecule has 12 heteroatoms. The van der Waals surface area contributed by atoms with Crippen LogP contribution in [0.4, 0.5) is 17.1 Å². The number of morpholine rings is 1. The highest BCUT2D eigenvalue weighted by Crippen LogP contribution is 2.30. The number of hydrazone groups is 1. The van der Waals surface area contributed by atoms with Gasteiger partial charge in [-0.3, -0.25) is 15.5 Å². The van der Waals surface area contributed by atoms with Gasteiger partial charge >= 0.3 is 0 Å². The summed E-state index contributed by atoms with van der Waals surface area (Å²) in [6, 6.07) is 8.70. The molecule has 0 aliphatic carbocycles. The predicted molar refractivity (Wildman–Crippen MR) is 126 cm³/mol. The van der Waals surface area contributed by atoms with Crippen LogP contribution >= 0.6 is 0 Å². The molecule has 0 bridgehead atoms. The zero-order valence-corrected chi connectivity index (χ0v) is 19.3. The molecule has 0 unspecified atom stereocenters. The number of nitrogens with zero attached hydrogens (tertiary/aromatic N) is 4. The van der Waals surface area contributed by atoms with Crippen LogP contribution in [0.3, 0.4) is 0 Å². The number of phenolic OH excluding ortho intramolecular Hbond substituents is 1. The number of hydrogen-bond donors (Lipinski definition) is 2. The van der Waals surface area contributed by atoms with Crippen molar-refractivity contribution in [1.82, 2.24) is 4.31 Å². The fraction of sp³-hybridized carbons (Fsp3) is 0.381. The van der Waals surface area contributed by atoms with Gasteiger partial charge in [0.25, 0.3) is 5.69 Å². The molecule has 1 heterocycles. The van der Waals surface area contributed by atoms with Gasteiger partial charge in [0.15, 0.2) is 0 Å². The van der Waals surface area contributed by atoms with E-state index in [9.17, 15) is 23.6 Å². The Morgan fingerprint density at radius 2 is 1.91 bits per heavy atom. The predicted octanol–water partition coefficient (Wildman–Crippen LogP) is 2.61. The van der Waals surface area contributed by atoms with Crippen LogP contribution in [-0.4, -0.2) is 68.4 Å². The van der Waals surface area contributed by atoms with Crippen LogP contribution in [0, 0.1) is 10.1 Å². The van der Waals surface area contributed by atoms with Crippen molar-refractivity contribution in [2.75, 3.05) is 49.7 Å². The molecule has 0 saturated carbocycles. The molecule has 1 aliphatic heterocycles. The fourth-order valence-electron chi connectivity index (χ4n) is 3.45. The van der Waals surface area contributed by atoms with E-state index in [1.165, 1.54) is 22.7 Å². The molecule has 0 spiro atoms. The minimum atomic E-state index is -4.02. The summed E-state index contributed by atoms with van der Waals surface area (Å²) in [6.07, 6.45) is 1.36. The van der Waals surface area contributed by atoms with Crippen molar-refractivity contribution in [3.8, 4) is 5.75 Å². The van der Waals surface area contributed by atoms with E-state index in [-0.39, 0.29) is 48.3 Å². The first kappa shape index (κ1) is 24.4. The van der Waals surface area contributed by atoms with Crippen molar-refractivity contribution < 1.29 is 23.2 Å². The maximum Gasteiger partial charge on any atom is 0.270 e. The molecule has 2 N–H and O–H groups in total. The first-order chi connectivity index (χ1) is 15.8. The number of nitro benzene ring substituents is 1. The topological polar surface area (TPSA) is 138 Å². The van der Waals surface area contributed by atoms with E-state index in [0.29, 0.717) is 5.56 Å². The van der Waals surface area contributed by atoms with E-state index >= 15 is 0 Å². The molecule has 0 radical (unpaired) electrons. The monoisotopic (exact) mass is 477 g/mol. The van der Waals surface area contributed by atoms with Gasteiger partial charge in [0.1, 0.15) is 10.6 Å². The Morgan fingerprint density at radius 1 is 1.21 bits per heavy atom. The normalized spacial score (nSPS) is 15.0. The molecule has 1 aliphatic rings. The van der Waals surface area contributed by atoms with Gasteiger partial charge in [0, 0.05) is 55.6 Å². The van der Waals surface area contributed by atoms with Crippen molar-refractivity contribution in [2.45, 2.75) is 18.7 Å². The lowest BCUT2D eigenvalue weighted by atomic mass is 10.2. The Labute approximate surface area is 192 Å².